The predicted molar refractivity (Wildman–Crippen MR) is 105 cm³/mol. The molecule has 150 valence electrons. The van der Waals surface area contributed by atoms with Gasteiger partial charge in [0.1, 0.15) is 0 Å². The number of unbranched alkanes of at least 4 members (excludes halogenated alkanes) is 2. The van der Waals surface area contributed by atoms with Crippen LogP contribution in [-0.2, 0) is 14.0 Å². The van der Waals surface area contributed by atoms with Crippen LogP contribution in [-0.4, -0.2) is 37.9 Å². The van der Waals surface area contributed by atoms with Crippen molar-refractivity contribution < 1.29 is 18.9 Å². The molecule has 1 unspecified atom stereocenters. The van der Waals surface area contributed by atoms with Crippen molar-refractivity contribution in [3.8, 4) is 0 Å². The van der Waals surface area contributed by atoms with Gasteiger partial charge in [-0.05, 0) is 47.5 Å². The van der Waals surface area contributed by atoms with Crippen LogP contribution in [0.2, 0.25) is 0 Å². The lowest BCUT2D eigenvalue weighted by Gasteiger charge is -2.21. The molecule has 5 nitrogen and oxygen atoms in total. The lowest BCUT2D eigenvalue weighted by atomic mass is 9.87. The highest BCUT2D eigenvalue weighted by Crippen LogP contribution is 2.24. The summed E-state index contributed by atoms with van der Waals surface area (Å²) < 4.78 is 21.9. The van der Waals surface area contributed by atoms with E-state index in [0.717, 1.165) is 58.5 Å². The van der Waals surface area contributed by atoms with E-state index in [-0.39, 0.29) is 5.41 Å². The van der Waals surface area contributed by atoms with Gasteiger partial charge in [-0.2, -0.15) is 0 Å². The quantitative estimate of drug-likeness (QED) is 0.290. The van der Waals surface area contributed by atoms with Crippen LogP contribution in [0.15, 0.2) is 0 Å². The van der Waals surface area contributed by atoms with Crippen LogP contribution in [0.3, 0.4) is 0 Å². The number of nitrogens with one attached hydrogen (secondary N) is 1. The minimum absolute atomic E-state index is 0.0363. The molecule has 0 aliphatic carbocycles. The highest BCUT2D eigenvalue weighted by Gasteiger charge is 2.22. The minimum Gasteiger partial charge on any atom is -0.381 e. The third-order valence-electron chi connectivity index (χ3n) is 4.13. The molecule has 0 aromatic carbocycles. The van der Waals surface area contributed by atoms with Gasteiger partial charge in [-0.3, -0.25) is 0 Å². The summed E-state index contributed by atoms with van der Waals surface area (Å²) in [6.45, 7) is 14.8. The van der Waals surface area contributed by atoms with E-state index in [0.29, 0.717) is 12.0 Å². The average molecular weight is 379 g/mol. The molecule has 0 spiro atoms. The normalized spacial score (nSPS) is 13.3. The number of hydrogen-bond donors (Lipinski definition) is 2. The molecule has 25 heavy (non-hydrogen) atoms. The van der Waals surface area contributed by atoms with Crippen molar-refractivity contribution in [3.63, 3.8) is 0 Å². The van der Waals surface area contributed by atoms with Crippen LogP contribution >= 0.6 is 8.18 Å². The standard InChI is InChI=1S/C19H40NO4P/c1-18(2,3)11-6-8-13-23-15-10-16-24-14-9-7-12-19(4,5)17-20-25(21)22/h6-17H2,1-5H3,(H-,20,21,22)/p+1. The zero-order valence-corrected chi connectivity index (χ0v) is 18.0. The van der Waals surface area contributed by atoms with Gasteiger partial charge in [0, 0.05) is 33.0 Å². The van der Waals surface area contributed by atoms with E-state index in [1.807, 2.05) is 0 Å². The van der Waals surface area contributed by atoms with Gasteiger partial charge < -0.3 is 9.47 Å². The maximum atomic E-state index is 10.7. The Morgan fingerprint density at radius 2 is 1.28 bits per heavy atom. The molecule has 0 aromatic heterocycles. The fourth-order valence-corrected chi connectivity index (χ4v) is 3.07. The first kappa shape index (κ1) is 24.9. The van der Waals surface area contributed by atoms with Crippen molar-refractivity contribution in [1.82, 2.24) is 5.09 Å². The van der Waals surface area contributed by atoms with Gasteiger partial charge in [0.25, 0.3) is 0 Å². The Morgan fingerprint density at radius 3 is 1.76 bits per heavy atom. The number of hydrogen-bond acceptors (Lipinski definition) is 3. The third-order valence-corrected chi connectivity index (χ3v) is 4.56. The second-order valence-corrected chi connectivity index (χ2v) is 9.69. The maximum Gasteiger partial charge on any atom is 0.610 e. The van der Waals surface area contributed by atoms with Crippen LogP contribution < -0.4 is 5.09 Å². The zero-order valence-electron chi connectivity index (χ0n) is 17.1. The lowest BCUT2D eigenvalue weighted by Crippen LogP contribution is -2.25. The maximum absolute atomic E-state index is 10.7. The summed E-state index contributed by atoms with van der Waals surface area (Å²) in [4.78, 5) is 8.79. The van der Waals surface area contributed by atoms with E-state index < -0.39 is 8.18 Å². The van der Waals surface area contributed by atoms with Gasteiger partial charge in [0.2, 0.25) is 0 Å². The Kier molecular flexibility index (Phi) is 14.0. The monoisotopic (exact) mass is 378 g/mol. The molecule has 0 fully saturated rings. The number of rotatable bonds is 16. The first-order chi connectivity index (χ1) is 11.6. The predicted octanol–water partition coefficient (Wildman–Crippen LogP) is 5.06. The molecule has 2 N–H and O–H groups in total. The Morgan fingerprint density at radius 1 is 0.800 bits per heavy atom. The molecule has 0 saturated heterocycles. The van der Waals surface area contributed by atoms with E-state index in [9.17, 15) is 4.57 Å². The fourth-order valence-electron chi connectivity index (χ4n) is 2.50. The van der Waals surface area contributed by atoms with Crippen molar-refractivity contribution in [2.75, 3.05) is 33.0 Å². The summed E-state index contributed by atoms with van der Waals surface area (Å²) in [7, 11) is -2.24. The molecule has 0 aromatic rings. The molecular weight excluding hydrogens is 337 g/mol. The van der Waals surface area contributed by atoms with Crippen LogP contribution in [0.5, 0.6) is 0 Å². The minimum atomic E-state index is -2.24. The van der Waals surface area contributed by atoms with E-state index in [4.69, 9.17) is 14.4 Å². The second kappa shape index (κ2) is 14.1. The highest BCUT2D eigenvalue weighted by atomic mass is 31.1. The van der Waals surface area contributed by atoms with Gasteiger partial charge in [-0.15, -0.1) is 4.89 Å². The largest absolute Gasteiger partial charge is 0.610 e. The van der Waals surface area contributed by atoms with Crippen molar-refractivity contribution >= 4 is 8.18 Å². The molecule has 0 amide bonds. The molecule has 0 heterocycles. The second-order valence-electron chi connectivity index (χ2n) is 8.83. The Hall–Kier alpha value is -0.0600. The molecule has 0 saturated carbocycles. The smallest absolute Gasteiger partial charge is 0.381 e. The Balaban J connectivity index is 3.30. The molecule has 1 atom stereocenters. The van der Waals surface area contributed by atoms with Crippen LogP contribution in [0.1, 0.15) is 79.6 Å². The third kappa shape index (κ3) is 20.1. The molecule has 0 rings (SSSR count). The van der Waals surface area contributed by atoms with Crippen molar-refractivity contribution in [2.45, 2.75) is 79.6 Å². The highest BCUT2D eigenvalue weighted by molar-refractivity contribution is 7.35. The van der Waals surface area contributed by atoms with Gasteiger partial charge in [0.15, 0.2) is 0 Å². The van der Waals surface area contributed by atoms with E-state index in [1.165, 1.54) is 12.8 Å². The first-order valence-electron chi connectivity index (χ1n) is 9.68. The first-order valence-corrected chi connectivity index (χ1v) is 10.9. The molecule has 0 radical (unpaired) electrons. The van der Waals surface area contributed by atoms with Crippen molar-refractivity contribution in [1.29, 1.82) is 0 Å². The molecule has 6 heteroatoms. The molecular formula is C19H41NO4P+. The van der Waals surface area contributed by atoms with E-state index >= 15 is 0 Å². The summed E-state index contributed by atoms with van der Waals surface area (Å²) in [6.07, 6.45) is 7.71. The van der Waals surface area contributed by atoms with Crippen LogP contribution in [0.4, 0.5) is 0 Å². The van der Waals surface area contributed by atoms with Crippen molar-refractivity contribution in [2.24, 2.45) is 10.8 Å². The van der Waals surface area contributed by atoms with Gasteiger partial charge in [0.05, 0.1) is 0 Å². The summed E-state index contributed by atoms with van der Waals surface area (Å²) in [5.74, 6) is 0. The summed E-state index contributed by atoms with van der Waals surface area (Å²) in [6, 6.07) is 0. The van der Waals surface area contributed by atoms with Crippen molar-refractivity contribution in [3.05, 3.63) is 0 Å². The van der Waals surface area contributed by atoms with Gasteiger partial charge >= 0.3 is 8.18 Å². The average Bonchev–Trinajstić information content (AvgIpc) is 2.49. The SMILES string of the molecule is CC(C)(C)CCCCOCCCOCCCCC(C)(C)CN[P+](=O)O. The van der Waals surface area contributed by atoms with Gasteiger partial charge in [-0.1, -0.05) is 52.5 Å². The molecule has 0 aliphatic heterocycles. The van der Waals surface area contributed by atoms with E-state index in [1.54, 1.807) is 0 Å². The zero-order chi connectivity index (χ0) is 19.2. The van der Waals surface area contributed by atoms with E-state index in [2.05, 4.69) is 39.7 Å². The summed E-state index contributed by atoms with van der Waals surface area (Å²) in [5.41, 5.74) is 0.465. The lowest BCUT2D eigenvalue weighted by molar-refractivity contribution is 0.0780. The topological polar surface area (TPSA) is 67.8 Å². The fraction of sp³-hybridized carbons (Fsp3) is 1.00. The molecule has 0 aliphatic rings. The molecule has 0 bridgehead atoms. The van der Waals surface area contributed by atoms with Crippen LogP contribution in [0.25, 0.3) is 0 Å². The van der Waals surface area contributed by atoms with Crippen LogP contribution in [0, 0.1) is 10.8 Å². The number of ether oxygens (including phenoxy) is 2. The summed E-state index contributed by atoms with van der Waals surface area (Å²) >= 11 is 0. The Labute approximate surface area is 156 Å². The van der Waals surface area contributed by atoms with Gasteiger partial charge in [-0.25, -0.2) is 0 Å². The Bertz CT molecular complexity index is 343. The summed E-state index contributed by atoms with van der Waals surface area (Å²) in [5, 5.41) is 2.61.